The highest BCUT2D eigenvalue weighted by molar-refractivity contribution is 5.93. The second-order valence-corrected chi connectivity index (χ2v) is 7.03. The Bertz CT molecular complexity index is 706. The van der Waals surface area contributed by atoms with E-state index in [0.29, 0.717) is 18.6 Å². The number of aryl methyl sites for hydroxylation is 1. The van der Waals surface area contributed by atoms with Crippen LogP contribution in [-0.2, 0) is 20.7 Å². The Kier molecular flexibility index (Phi) is 5.00. The molecule has 4 nitrogen and oxygen atoms in total. The molecular formula is C21H26O4. The zero-order valence-electron chi connectivity index (χ0n) is 15.2. The topological polar surface area (TPSA) is 44.8 Å². The van der Waals surface area contributed by atoms with Crippen molar-refractivity contribution in [2.45, 2.75) is 38.7 Å². The van der Waals surface area contributed by atoms with Crippen LogP contribution in [0.3, 0.4) is 0 Å². The summed E-state index contributed by atoms with van der Waals surface area (Å²) >= 11 is 0. The number of hydrogen-bond donors (Lipinski definition) is 0. The lowest BCUT2D eigenvalue weighted by atomic mass is 9.71. The Labute approximate surface area is 149 Å². The van der Waals surface area contributed by atoms with Gasteiger partial charge in [-0.05, 0) is 55.4 Å². The van der Waals surface area contributed by atoms with E-state index in [9.17, 15) is 4.79 Å². The van der Waals surface area contributed by atoms with Crippen molar-refractivity contribution in [1.29, 1.82) is 0 Å². The average Bonchev–Trinajstić information content (AvgIpc) is 3.01. The summed E-state index contributed by atoms with van der Waals surface area (Å²) in [5, 5.41) is 0. The van der Waals surface area contributed by atoms with E-state index < -0.39 is 5.60 Å². The molecule has 0 spiro atoms. The molecule has 0 saturated carbocycles. The third kappa shape index (κ3) is 3.23. The summed E-state index contributed by atoms with van der Waals surface area (Å²) in [6, 6.07) is 6.14. The van der Waals surface area contributed by atoms with Crippen LogP contribution >= 0.6 is 0 Å². The Morgan fingerprint density at radius 2 is 2.28 bits per heavy atom. The van der Waals surface area contributed by atoms with Crippen LogP contribution in [0.1, 0.15) is 30.9 Å². The van der Waals surface area contributed by atoms with Crippen LogP contribution < -0.4 is 4.74 Å². The van der Waals surface area contributed by atoms with Crippen LogP contribution in [0.4, 0.5) is 0 Å². The van der Waals surface area contributed by atoms with Gasteiger partial charge in [0.15, 0.2) is 12.6 Å². The molecule has 1 fully saturated rings. The lowest BCUT2D eigenvalue weighted by Crippen LogP contribution is -2.44. The Morgan fingerprint density at radius 1 is 1.48 bits per heavy atom. The fraction of sp³-hybridized carbons (Fsp3) is 0.476. The quantitative estimate of drug-likeness (QED) is 0.734. The van der Waals surface area contributed by atoms with Crippen LogP contribution in [0.25, 0.3) is 0 Å². The number of methoxy groups -OCH3 is 1. The van der Waals surface area contributed by atoms with Gasteiger partial charge in [0.1, 0.15) is 17.1 Å². The fourth-order valence-corrected chi connectivity index (χ4v) is 3.93. The molecule has 1 aromatic carbocycles. The molecule has 3 atom stereocenters. The van der Waals surface area contributed by atoms with E-state index in [0.717, 1.165) is 12.2 Å². The fourth-order valence-electron chi connectivity index (χ4n) is 3.93. The standard InChI is InChI=1S/C21H26O4/c1-5-6-17-12-21(20(11-19(17)22)24-13-25-21)15(3)10-16-7-8-18(23-4)9-14(16)2/h5,7-9,11,15,17H,1,6,10,12-13H2,2-4H3/t15?,17-,21+/m0/s1. The van der Waals surface area contributed by atoms with Gasteiger partial charge in [0.2, 0.25) is 0 Å². The molecule has 0 amide bonds. The number of allylic oxidation sites excluding steroid dienone is 2. The van der Waals surface area contributed by atoms with Gasteiger partial charge in [-0.3, -0.25) is 4.79 Å². The molecule has 0 aromatic heterocycles. The van der Waals surface area contributed by atoms with Crippen LogP contribution in [0.15, 0.2) is 42.7 Å². The number of rotatable bonds is 6. The van der Waals surface area contributed by atoms with Crippen molar-refractivity contribution in [3.8, 4) is 5.75 Å². The van der Waals surface area contributed by atoms with Gasteiger partial charge in [-0.25, -0.2) is 0 Å². The number of fused-ring (bicyclic) bond motifs is 1. The number of hydrogen-bond acceptors (Lipinski definition) is 4. The second-order valence-electron chi connectivity index (χ2n) is 7.03. The lowest BCUT2D eigenvalue weighted by Gasteiger charge is -2.38. The van der Waals surface area contributed by atoms with Crippen LogP contribution in [0.5, 0.6) is 5.75 Å². The van der Waals surface area contributed by atoms with Crippen LogP contribution in [0.2, 0.25) is 0 Å². The maximum absolute atomic E-state index is 12.3. The van der Waals surface area contributed by atoms with Crippen molar-refractivity contribution >= 4 is 5.78 Å². The minimum Gasteiger partial charge on any atom is -0.497 e. The van der Waals surface area contributed by atoms with E-state index in [4.69, 9.17) is 14.2 Å². The van der Waals surface area contributed by atoms with Gasteiger partial charge in [0.25, 0.3) is 0 Å². The van der Waals surface area contributed by atoms with Crippen molar-refractivity contribution in [2.24, 2.45) is 11.8 Å². The highest BCUT2D eigenvalue weighted by Crippen LogP contribution is 2.46. The van der Waals surface area contributed by atoms with Crippen molar-refractivity contribution in [3.05, 3.63) is 53.8 Å². The summed E-state index contributed by atoms with van der Waals surface area (Å²) in [6.07, 6.45) is 5.62. The van der Waals surface area contributed by atoms with E-state index in [1.807, 2.05) is 18.2 Å². The van der Waals surface area contributed by atoms with Gasteiger partial charge in [-0.2, -0.15) is 0 Å². The SMILES string of the molecule is C=CC[C@H]1C[C@]2(C(C)Cc3ccc(OC)cc3C)OCOC2=CC1=O. The van der Waals surface area contributed by atoms with Crippen LogP contribution in [0, 0.1) is 18.8 Å². The predicted octanol–water partition coefficient (Wildman–Crippen LogP) is 3.97. The first-order valence-corrected chi connectivity index (χ1v) is 8.77. The van der Waals surface area contributed by atoms with E-state index >= 15 is 0 Å². The maximum Gasteiger partial charge on any atom is 0.189 e. The van der Waals surface area contributed by atoms with E-state index in [-0.39, 0.29) is 24.4 Å². The molecule has 1 heterocycles. The van der Waals surface area contributed by atoms with Crippen molar-refractivity contribution in [3.63, 3.8) is 0 Å². The zero-order chi connectivity index (χ0) is 18.0. The number of carbonyl (C=O) groups excluding carboxylic acids is 1. The predicted molar refractivity (Wildman–Crippen MR) is 96.4 cm³/mol. The van der Waals surface area contributed by atoms with Gasteiger partial charge in [-0.1, -0.05) is 19.1 Å². The molecule has 25 heavy (non-hydrogen) atoms. The van der Waals surface area contributed by atoms with Gasteiger partial charge in [-0.15, -0.1) is 6.58 Å². The average molecular weight is 342 g/mol. The van der Waals surface area contributed by atoms with Gasteiger partial charge in [0, 0.05) is 12.0 Å². The Hall–Kier alpha value is -2.07. The molecule has 0 bridgehead atoms. The number of carbonyl (C=O) groups is 1. The first-order valence-electron chi connectivity index (χ1n) is 8.77. The molecular weight excluding hydrogens is 316 g/mol. The molecule has 134 valence electrons. The molecule has 0 radical (unpaired) electrons. The summed E-state index contributed by atoms with van der Waals surface area (Å²) < 4.78 is 17.0. The third-order valence-corrected chi connectivity index (χ3v) is 5.50. The monoisotopic (exact) mass is 342 g/mol. The zero-order valence-corrected chi connectivity index (χ0v) is 15.2. The summed E-state index contributed by atoms with van der Waals surface area (Å²) in [5.74, 6) is 1.78. The van der Waals surface area contributed by atoms with Crippen LogP contribution in [-0.4, -0.2) is 25.3 Å². The van der Waals surface area contributed by atoms with E-state index in [2.05, 4.69) is 26.5 Å². The maximum atomic E-state index is 12.3. The summed E-state index contributed by atoms with van der Waals surface area (Å²) in [6.45, 7) is 8.26. The summed E-state index contributed by atoms with van der Waals surface area (Å²) in [5.41, 5.74) is 1.93. The summed E-state index contributed by atoms with van der Waals surface area (Å²) in [7, 11) is 1.68. The first kappa shape index (κ1) is 17.7. The number of ether oxygens (including phenoxy) is 3. The normalized spacial score (nSPS) is 26.4. The lowest BCUT2D eigenvalue weighted by molar-refractivity contribution is -0.123. The van der Waals surface area contributed by atoms with Crippen molar-refractivity contribution in [2.75, 3.05) is 13.9 Å². The smallest absolute Gasteiger partial charge is 0.189 e. The summed E-state index contributed by atoms with van der Waals surface area (Å²) in [4.78, 5) is 12.3. The molecule has 1 saturated heterocycles. The van der Waals surface area contributed by atoms with Gasteiger partial charge < -0.3 is 14.2 Å². The van der Waals surface area contributed by atoms with E-state index in [1.165, 1.54) is 11.1 Å². The highest BCUT2D eigenvalue weighted by atomic mass is 16.7. The third-order valence-electron chi connectivity index (χ3n) is 5.50. The largest absolute Gasteiger partial charge is 0.497 e. The molecule has 1 aliphatic heterocycles. The molecule has 2 aliphatic rings. The molecule has 1 aliphatic carbocycles. The molecule has 1 aromatic rings. The van der Waals surface area contributed by atoms with Crippen molar-refractivity contribution in [1.82, 2.24) is 0 Å². The van der Waals surface area contributed by atoms with Gasteiger partial charge >= 0.3 is 0 Å². The highest BCUT2D eigenvalue weighted by Gasteiger charge is 2.51. The number of benzene rings is 1. The first-order chi connectivity index (χ1) is 12.0. The van der Waals surface area contributed by atoms with E-state index in [1.54, 1.807) is 13.2 Å². The molecule has 0 N–H and O–H groups in total. The number of ketones is 1. The van der Waals surface area contributed by atoms with Gasteiger partial charge in [0.05, 0.1) is 7.11 Å². The molecule has 1 unspecified atom stereocenters. The Balaban J connectivity index is 1.86. The molecule has 4 heteroatoms. The van der Waals surface area contributed by atoms with Crippen molar-refractivity contribution < 1.29 is 19.0 Å². The second kappa shape index (κ2) is 7.04. The molecule has 3 rings (SSSR count). The minimum atomic E-state index is -0.520. The minimum absolute atomic E-state index is 0.0811. The Morgan fingerprint density at radius 3 is 2.96 bits per heavy atom.